The summed E-state index contributed by atoms with van der Waals surface area (Å²) in [6, 6.07) is 11.9. The van der Waals surface area contributed by atoms with E-state index in [4.69, 9.17) is 4.84 Å². The molecule has 29 heavy (non-hydrogen) atoms. The molecule has 0 saturated heterocycles. The molecule has 2 aromatic carbocycles. The summed E-state index contributed by atoms with van der Waals surface area (Å²) in [6.07, 6.45) is -4.02. The van der Waals surface area contributed by atoms with Crippen LogP contribution in [-0.2, 0) is 11.0 Å². The van der Waals surface area contributed by atoms with E-state index in [0.29, 0.717) is 30.8 Å². The summed E-state index contributed by atoms with van der Waals surface area (Å²) in [4.78, 5) is 20.2. The molecule has 0 radical (unpaired) electrons. The van der Waals surface area contributed by atoms with Gasteiger partial charge in [0.25, 0.3) is 5.91 Å². The van der Waals surface area contributed by atoms with Crippen molar-refractivity contribution in [3.8, 4) is 16.9 Å². The molecular weight excluding hydrogens is 381 g/mol. The highest BCUT2D eigenvalue weighted by Crippen LogP contribution is 2.31. The Balaban J connectivity index is 2.08. The number of carbonyl (C=O) groups excluding carboxylic acids is 1. The Morgan fingerprint density at radius 2 is 1.38 bits per heavy atom. The van der Waals surface area contributed by atoms with Crippen LogP contribution in [0.2, 0.25) is 0 Å². The quantitative estimate of drug-likeness (QED) is 0.532. The summed E-state index contributed by atoms with van der Waals surface area (Å²) in [6.45, 7) is 8.87. The van der Waals surface area contributed by atoms with Crippen molar-refractivity contribution in [3.05, 3.63) is 54.1 Å². The van der Waals surface area contributed by atoms with Crippen LogP contribution in [0, 0.1) is 0 Å². The van der Waals surface area contributed by atoms with Gasteiger partial charge in [0.1, 0.15) is 0 Å². The first-order valence-corrected chi connectivity index (χ1v) is 9.76. The van der Waals surface area contributed by atoms with E-state index in [2.05, 4.69) is 18.7 Å². The Bertz CT molecular complexity index is 770. The number of likely N-dealkylation sites (N-methyl/N-ethyl adjacent to an activating group) is 1. The van der Waals surface area contributed by atoms with Crippen LogP contribution in [0.3, 0.4) is 0 Å². The van der Waals surface area contributed by atoms with Crippen molar-refractivity contribution >= 4 is 5.91 Å². The molecule has 0 aliphatic rings. The number of halogens is 3. The molecule has 158 valence electrons. The number of carbonyl (C=O) groups is 1. The molecule has 0 heterocycles. The Labute approximate surface area is 169 Å². The van der Waals surface area contributed by atoms with Crippen molar-refractivity contribution in [2.75, 3.05) is 26.2 Å². The van der Waals surface area contributed by atoms with E-state index in [1.54, 1.807) is 31.2 Å². The summed E-state index contributed by atoms with van der Waals surface area (Å²) < 4.78 is 38.1. The lowest BCUT2D eigenvalue weighted by Gasteiger charge is -2.25. The molecule has 0 spiro atoms. The van der Waals surface area contributed by atoms with Crippen LogP contribution in [0.4, 0.5) is 13.2 Å². The molecule has 2 rings (SSSR count). The molecule has 0 fully saturated rings. The highest BCUT2D eigenvalue weighted by atomic mass is 19.4. The third-order valence-electron chi connectivity index (χ3n) is 4.71. The first kappa shape index (κ1) is 22.7. The highest BCUT2D eigenvalue weighted by Gasteiger charge is 2.29. The second-order valence-electron chi connectivity index (χ2n) is 6.57. The number of nitrogens with zero attached hydrogens (tertiary/aromatic N) is 2. The fraction of sp³-hybridized carbons (Fsp3) is 0.409. The van der Waals surface area contributed by atoms with Gasteiger partial charge in [-0.1, -0.05) is 45.0 Å². The maximum Gasteiger partial charge on any atom is 0.416 e. The fourth-order valence-corrected chi connectivity index (χ4v) is 2.86. The lowest BCUT2D eigenvalue weighted by molar-refractivity contribution is -0.157. The van der Waals surface area contributed by atoms with Crippen LogP contribution in [0.15, 0.2) is 48.5 Å². The van der Waals surface area contributed by atoms with Crippen LogP contribution >= 0.6 is 0 Å². The predicted molar refractivity (Wildman–Crippen MR) is 107 cm³/mol. The Hall–Kier alpha value is -2.54. The highest BCUT2D eigenvalue weighted by molar-refractivity contribution is 5.75. The minimum atomic E-state index is -4.35. The van der Waals surface area contributed by atoms with Gasteiger partial charge in [-0.25, -0.2) is 0 Å². The summed E-state index contributed by atoms with van der Waals surface area (Å²) in [5.41, 5.74) is 0.762. The summed E-state index contributed by atoms with van der Waals surface area (Å²) in [5, 5.41) is 1.37. The molecule has 1 amide bonds. The van der Waals surface area contributed by atoms with Crippen molar-refractivity contribution in [2.45, 2.75) is 33.4 Å². The standard InChI is InChI=1S/C22H27F3N2O2/c1-4-21(28)27(16-15-26(5-2)6-3)29-20-13-9-18(10-14-20)17-7-11-19(12-8-17)22(23,24)25/h7-14H,4-6,15-16H2,1-3H3. The minimum absolute atomic E-state index is 0.107. The van der Waals surface area contributed by atoms with Gasteiger partial charge in [0, 0.05) is 13.0 Å². The van der Waals surface area contributed by atoms with Crippen LogP contribution in [0.5, 0.6) is 5.75 Å². The fourth-order valence-electron chi connectivity index (χ4n) is 2.86. The number of hydrogen-bond donors (Lipinski definition) is 0. The lowest BCUT2D eigenvalue weighted by atomic mass is 10.0. The zero-order chi connectivity index (χ0) is 21.4. The van der Waals surface area contributed by atoms with E-state index >= 15 is 0 Å². The Morgan fingerprint density at radius 1 is 0.862 bits per heavy atom. The Kier molecular flexibility index (Phi) is 8.08. The van der Waals surface area contributed by atoms with Crippen molar-refractivity contribution in [1.82, 2.24) is 9.96 Å². The predicted octanol–water partition coefficient (Wildman–Crippen LogP) is 5.25. The molecule has 0 N–H and O–H groups in total. The zero-order valence-corrected chi connectivity index (χ0v) is 17.0. The number of rotatable bonds is 9. The van der Waals surface area contributed by atoms with Gasteiger partial charge in [0.05, 0.1) is 12.1 Å². The molecule has 7 heteroatoms. The van der Waals surface area contributed by atoms with Gasteiger partial charge < -0.3 is 9.74 Å². The molecule has 2 aromatic rings. The SMILES string of the molecule is CCC(=O)N(CCN(CC)CC)Oc1ccc(-c2ccc(C(F)(F)F)cc2)cc1. The maximum absolute atomic E-state index is 12.7. The van der Waals surface area contributed by atoms with Gasteiger partial charge in [-0.15, -0.1) is 0 Å². The van der Waals surface area contributed by atoms with Crippen LogP contribution in [0.25, 0.3) is 11.1 Å². The van der Waals surface area contributed by atoms with Crippen molar-refractivity contribution < 1.29 is 22.8 Å². The average Bonchev–Trinajstić information content (AvgIpc) is 2.73. The summed E-state index contributed by atoms with van der Waals surface area (Å²) >= 11 is 0. The van der Waals surface area contributed by atoms with Gasteiger partial charge in [0.2, 0.25) is 0 Å². The normalized spacial score (nSPS) is 11.6. The van der Waals surface area contributed by atoms with Gasteiger partial charge in [0.15, 0.2) is 5.75 Å². The second-order valence-corrected chi connectivity index (χ2v) is 6.57. The number of alkyl halides is 3. The van der Waals surface area contributed by atoms with Crippen molar-refractivity contribution in [3.63, 3.8) is 0 Å². The second kappa shape index (κ2) is 10.3. The first-order valence-electron chi connectivity index (χ1n) is 9.76. The first-order chi connectivity index (χ1) is 13.8. The molecular formula is C22H27F3N2O2. The topological polar surface area (TPSA) is 32.8 Å². The number of hydrogen-bond acceptors (Lipinski definition) is 3. The monoisotopic (exact) mass is 408 g/mol. The molecule has 0 aliphatic heterocycles. The smallest absolute Gasteiger partial charge is 0.377 e. The molecule has 0 aliphatic carbocycles. The minimum Gasteiger partial charge on any atom is -0.377 e. The number of amides is 1. The molecule has 0 bridgehead atoms. The van der Waals surface area contributed by atoms with E-state index in [1.807, 2.05) is 0 Å². The third-order valence-corrected chi connectivity index (χ3v) is 4.71. The van der Waals surface area contributed by atoms with Gasteiger partial charge in [-0.2, -0.15) is 18.2 Å². The number of benzene rings is 2. The molecule has 0 unspecified atom stereocenters. The van der Waals surface area contributed by atoms with Gasteiger partial charge >= 0.3 is 6.18 Å². The largest absolute Gasteiger partial charge is 0.416 e. The summed E-state index contributed by atoms with van der Waals surface area (Å²) in [7, 11) is 0. The van der Waals surface area contributed by atoms with E-state index < -0.39 is 11.7 Å². The zero-order valence-electron chi connectivity index (χ0n) is 17.0. The lowest BCUT2D eigenvalue weighted by Crippen LogP contribution is -2.40. The van der Waals surface area contributed by atoms with Gasteiger partial charge in [-0.3, -0.25) is 4.79 Å². The van der Waals surface area contributed by atoms with E-state index in [1.165, 1.54) is 17.2 Å². The van der Waals surface area contributed by atoms with Gasteiger partial charge in [-0.05, 0) is 48.5 Å². The molecule has 0 saturated carbocycles. The van der Waals surface area contributed by atoms with E-state index in [9.17, 15) is 18.0 Å². The Morgan fingerprint density at radius 3 is 1.83 bits per heavy atom. The molecule has 0 aromatic heterocycles. The summed E-state index contributed by atoms with van der Waals surface area (Å²) in [5.74, 6) is 0.394. The van der Waals surface area contributed by atoms with Crippen molar-refractivity contribution in [2.24, 2.45) is 0 Å². The van der Waals surface area contributed by atoms with Crippen molar-refractivity contribution in [1.29, 1.82) is 0 Å². The number of hydroxylamine groups is 2. The van der Waals surface area contributed by atoms with Crippen LogP contribution in [0.1, 0.15) is 32.8 Å². The average molecular weight is 408 g/mol. The van der Waals surface area contributed by atoms with E-state index in [-0.39, 0.29) is 5.91 Å². The van der Waals surface area contributed by atoms with Crippen LogP contribution < -0.4 is 4.84 Å². The molecule has 0 atom stereocenters. The van der Waals surface area contributed by atoms with E-state index in [0.717, 1.165) is 30.8 Å². The maximum atomic E-state index is 12.7. The van der Waals surface area contributed by atoms with Crippen LogP contribution in [-0.4, -0.2) is 42.0 Å². The molecule has 4 nitrogen and oxygen atoms in total. The third kappa shape index (κ3) is 6.49.